The van der Waals surface area contributed by atoms with Crippen LogP contribution in [-0.2, 0) is 0 Å². The highest BCUT2D eigenvalue weighted by atomic mass is 16.6. The number of nitro groups is 1. The molecule has 0 spiro atoms. The molecule has 0 heterocycles. The lowest BCUT2D eigenvalue weighted by Crippen LogP contribution is -2.32. The molecule has 0 saturated heterocycles. The van der Waals surface area contributed by atoms with E-state index in [-0.39, 0.29) is 11.5 Å². The Labute approximate surface area is 112 Å². The third-order valence-corrected chi connectivity index (χ3v) is 3.10. The second-order valence-corrected chi connectivity index (χ2v) is 5.10. The van der Waals surface area contributed by atoms with Crippen molar-refractivity contribution in [2.75, 3.05) is 6.61 Å². The minimum atomic E-state index is -0.453. The highest BCUT2D eigenvalue weighted by Gasteiger charge is 2.21. The maximum absolute atomic E-state index is 10.7. The third kappa shape index (κ3) is 3.94. The molecular weight excluding hydrogens is 246 g/mol. The van der Waals surface area contributed by atoms with Crippen molar-refractivity contribution in [3.63, 3.8) is 0 Å². The largest absolute Gasteiger partial charge is 0.493 e. The monoisotopic (exact) mass is 265 g/mol. The molecule has 0 aliphatic heterocycles. The van der Waals surface area contributed by atoms with E-state index in [0.29, 0.717) is 18.8 Å². The molecule has 0 radical (unpaired) electrons. The number of ether oxygens (including phenoxy) is 1. The number of hydrogen-bond acceptors (Lipinski definition) is 4. The maximum atomic E-state index is 10.7. The van der Waals surface area contributed by atoms with E-state index < -0.39 is 10.3 Å². The average Bonchev–Trinajstić information content (AvgIpc) is 2.30. The summed E-state index contributed by atoms with van der Waals surface area (Å²) in [5, 5.41) is 18.1. The summed E-state index contributed by atoms with van der Waals surface area (Å²) < 4.78 is 5.56. The van der Waals surface area contributed by atoms with Gasteiger partial charge in [-0.3, -0.25) is 15.5 Å². The first-order chi connectivity index (χ1) is 8.74. The lowest BCUT2D eigenvalue weighted by atomic mass is 9.88. The van der Waals surface area contributed by atoms with Crippen molar-refractivity contribution in [1.82, 2.24) is 0 Å². The van der Waals surface area contributed by atoms with Gasteiger partial charge in [0.05, 0.1) is 23.4 Å². The number of nitrogens with two attached hydrogens (primary N) is 1. The van der Waals surface area contributed by atoms with Crippen LogP contribution in [0.5, 0.6) is 5.75 Å². The van der Waals surface area contributed by atoms with Crippen LogP contribution in [0, 0.1) is 27.9 Å². The topological polar surface area (TPSA) is 102 Å². The van der Waals surface area contributed by atoms with E-state index in [0.717, 1.165) is 5.56 Å². The molecule has 1 rings (SSSR count). The first kappa shape index (κ1) is 14.9. The van der Waals surface area contributed by atoms with Crippen molar-refractivity contribution in [3.05, 3.63) is 33.9 Å². The predicted molar refractivity (Wildman–Crippen MR) is 73.6 cm³/mol. The quantitative estimate of drug-likeness (QED) is 0.357. The van der Waals surface area contributed by atoms with Gasteiger partial charge in [-0.1, -0.05) is 13.8 Å². The van der Waals surface area contributed by atoms with Gasteiger partial charge in [0.2, 0.25) is 0 Å². The Bertz CT molecular complexity index is 498. The van der Waals surface area contributed by atoms with Crippen LogP contribution in [0.4, 0.5) is 5.69 Å². The Morgan fingerprint density at radius 3 is 2.68 bits per heavy atom. The molecule has 0 fully saturated rings. The van der Waals surface area contributed by atoms with Crippen molar-refractivity contribution < 1.29 is 9.66 Å². The average molecular weight is 265 g/mol. The van der Waals surface area contributed by atoms with Crippen LogP contribution < -0.4 is 10.5 Å². The number of rotatable bonds is 6. The lowest BCUT2D eigenvalue weighted by molar-refractivity contribution is -0.384. The van der Waals surface area contributed by atoms with Crippen molar-refractivity contribution in [3.8, 4) is 5.75 Å². The van der Waals surface area contributed by atoms with Gasteiger partial charge in [-0.2, -0.15) is 0 Å². The summed E-state index contributed by atoms with van der Waals surface area (Å²) in [7, 11) is 0. The second-order valence-electron chi connectivity index (χ2n) is 5.10. The van der Waals surface area contributed by atoms with Gasteiger partial charge >= 0.3 is 0 Å². The molecule has 1 aromatic carbocycles. The molecule has 6 heteroatoms. The van der Waals surface area contributed by atoms with Gasteiger partial charge in [0.25, 0.3) is 5.69 Å². The van der Waals surface area contributed by atoms with Crippen LogP contribution >= 0.6 is 0 Å². The Morgan fingerprint density at radius 1 is 1.53 bits per heavy atom. The van der Waals surface area contributed by atoms with Crippen molar-refractivity contribution in [2.45, 2.75) is 27.2 Å². The Kier molecular flexibility index (Phi) is 4.47. The Morgan fingerprint density at radius 2 is 2.16 bits per heavy atom. The standard InChI is InChI=1S/C13H19N3O3/c1-9-4-5-10(16(17)18)8-11(9)19-7-6-13(2,3)12(14)15/h4-5,8H,6-7H2,1-3H3,(H3,14,15). The molecule has 0 saturated carbocycles. The molecule has 1 aromatic rings. The van der Waals surface area contributed by atoms with Gasteiger partial charge in [0.15, 0.2) is 0 Å². The van der Waals surface area contributed by atoms with E-state index in [4.69, 9.17) is 15.9 Å². The molecule has 104 valence electrons. The number of nitro benzene ring substituents is 1. The van der Waals surface area contributed by atoms with Gasteiger partial charge in [0.1, 0.15) is 5.75 Å². The van der Waals surface area contributed by atoms with Crippen LogP contribution in [0.2, 0.25) is 0 Å². The SMILES string of the molecule is Cc1ccc([N+](=O)[O-])cc1OCCC(C)(C)C(=N)N. The van der Waals surface area contributed by atoms with E-state index in [1.165, 1.54) is 12.1 Å². The summed E-state index contributed by atoms with van der Waals surface area (Å²) in [6.07, 6.45) is 0.574. The van der Waals surface area contributed by atoms with Crippen LogP contribution in [0.3, 0.4) is 0 Å². The van der Waals surface area contributed by atoms with Crippen LogP contribution in [0.15, 0.2) is 18.2 Å². The molecule has 0 unspecified atom stereocenters. The number of non-ortho nitro benzene ring substituents is 1. The van der Waals surface area contributed by atoms with Crippen molar-refractivity contribution in [2.24, 2.45) is 11.1 Å². The fraction of sp³-hybridized carbons (Fsp3) is 0.462. The molecule has 6 nitrogen and oxygen atoms in total. The summed E-state index contributed by atoms with van der Waals surface area (Å²) in [6, 6.07) is 4.52. The van der Waals surface area contributed by atoms with Crippen molar-refractivity contribution >= 4 is 11.5 Å². The predicted octanol–water partition coefficient (Wildman–Crippen LogP) is 2.63. The normalized spacial score (nSPS) is 11.1. The fourth-order valence-electron chi connectivity index (χ4n) is 1.41. The van der Waals surface area contributed by atoms with Crippen LogP contribution in [-0.4, -0.2) is 17.4 Å². The third-order valence-electron chi connectivity index (χ3n) is 3.10. The van der Waals surface area contributed by atoms with E-state index in [1.54, 1.807) is 6.07 Å². The molecule has 0 atom stereocenters. The number of hydrogen-bond donors (Lipinski definition) is 2. The molecule has 0 bridgehead atoms. The van der Waals surface area contributed by atoms with Gasteiger partial charge in [-0.05, 0) is 25.0 Å². The number of nitrogens with zero attached hydrogens (tertiary/aromatic N) is 1. The molecule has 0 aliphatic rings. The number of nitrogens with one attached hydrogen (secondary N) is 1. The Hall–Kier alpha value is -2.11. The molecule has 19 heavy (non-hydrogen) atoms. The molecule has 0 amide bonds. The zero-order chi connectivity index (χ0) is 14.6. The minimum Gasteiger partial charge on any atom is -0.493 e. The van der Waals surface area contributed by atoms with E-state index in [2.05, 4.69) is 0 Å². The van der Waals surface area contributed by atoms with Crippen LogP contribution in [0.25, 0.3) is 0 Å². The summed E-state index contributed by atoms with van der Waals surface area (Å²) in [5.74, 6) is 0.598. The zero-order valence-electron chi connectivity index (χ0n) is 11.4. The molecule has 0 aromatic heterocycles. The second kappa shape index (κ2) is 5.69. The highest BCUT2D eigenvalue weighted by Crippen LogP contribution is 2.26. The summed E-state index contributed by atoms with van der Waals surface area (Å²) >= 11 is 0. The van der Waals surface area contributed by atoms with Gasteiger partial charge in [0, 0.05) is 11.5 Å². The number of amidine groups is 1. The van der Waals surface area contributed by atoms with Gasteiger partial charge in [-0.15, -0.1) is 0 Å². The molecular formula is C13H19N3O3. The number of aryl methyl sites for hydroxylation is 1. The van der Waals surface area contributed by atoms with E-state index in [1.807, 2.05) is 20.8 Å². The fourth-order valence-corrected chi connectivity index (χ4v) is 1.41. The summed E-state index contributed by atoms with van der Waals surface area (Å²) in [6.45, 7) is 5.90. The first-order valence-corrected chi connectivity index (χ1v) is 5.96. The van der Waals surface area contributed by atoms with Crippen LogP contribution in [0.1, 0.15) is 25.8 Å². The summed E-state index contributed by atoms with van der Waals surface area (Å²) in [5.41, 5.74) is 5.89. The van der Waals surface area contributed by atoms with Gasteiger partial charge < -0.3 is 10.5 Å². The maximum Gasteiger partial charge on any atom is 0.273 e. The smallest absolute Gasteiger partial charge is 0.273 e. The van der Waals surface area contributed by atoms with E-state index >= 15 is 0 Å². The van der Waals surface area contributed by atoms with E-state index in [9.17, 15) is 10.1 Å². The highest BCUT2D eigenvalue weighted by molar-refractivity contribution is 5.82. The lowest BCUT2D eigenvalue weighted by Gasteiger charge is -2.22. The van der Waals surface area contributed by atoms with Gasteiger partial charge in [-0.25, -0.2) is 0 Å². The zero-order valence-corrected chi connectivity index (χ0v) is 11.4. The first-order valence-electron chi connectivity index (χ1n) is 5.96. The number of benzene rings is 1. The molecule has 3 N–H and O–H groups in total. The van der Waals surface area contributed by atoms with Crippen molar-refractivity contribution in [1.29, 1.82) is 5.41 Å². The Balaban J connectivity index is 2.70. The minimum absolute atomic E-state index is 0.00595. The summed E-state index contributed by atoms with van der Waals surface area (Å²) in [4.78, 5) is 10.2. The molecule has 0 aliphatic carbocycles.